The molecule has 0 N–H and O–H groups in total. The molecule has 18 heavy (non-hydrogen) atoms. The van der Waals surface area contributed by atoms with E-state index in [4.69, 9.17) is 0 Å². The second kappa shape index (κ2) is 5.83. The summed E-state index contributed by atoms with van der Waals surface area (Å²) in [5, 5.41) is 0. The summed E-state index contributed by atoms with van der Waals surface area (Å²) in [5.41, 5.74) is -0.0381. The van der Waals surface area contributed by atoms with Gasteiger partial charge in [-0.2, -0.15) is 0 Å². The van der Waals surface area contributed by atoms with Crippen molar-refractivity contribution in [2.45, 2.75) is 17.3 Å². The van der Waals surface area contributed by atoms with Gasteiger partial charge < -0.3 is 0 Å². The molecule has 1 unspecified atom stereocenters. The molecule has 2 aromatic carbocycles. The molecule has 2 aromatic rings. The summed E-state index contributed by atoms with van der Waals surface area (Å²) in [6.45, 7) is 1.97. The quantitative estimate of drug-likeness (QED) is 0.603. The zero-order valence-corrected chi connectivity index (χ0v) is 10.8. The van der Waals surface area contributed by atoms with Gasteiger partial charge in [-0.3, -0.25) is 4.79 Å². The standard InChI is InChI=1S/C15H13FOS/c1-11-7-9-13(10-8-11)18-15(16)14(17)12-5-3-2-4-6-12/h2-10,15H,1H3. The van der Waals surface area contributed by atoms with Gasteiger partial charge in [-0.25, -0.2) is 4.39 Å². The van der Waals surface area contributed by atoms with Crippen LogP contribution < -0.4 is 0 Å². The Morgan fingerprint density at radius 3 is 2.28 bits per heavy atom. The van der Waals surface area contributed by atoms with Crippen LogP contribution in [0.5, 0.6) is 0 Å². The molecule has 0 bridgehead atoms. The highest BCUT2D eigenvalue weighted by Crippen LogP contribution is 2.26. The van der Waals surface area contributed by atoms with Gasteiger partial charge in [0.05, 0.1) is 0 Å². The van der Waals surface area contributed by atoms with E-state index in [9.17, 15) is 9.18 Å². The van der Waals surface area contributed by atoms with Crippen molar-refractivity contribution in [1.82, 2.24) is 0 Å². The number of hydrogen-bond acceptors (Lipinski definition) is 2. The van der Waals surface area contributed by atoms with Crippen molar-refractivity contribution in [1.29, 1.82) is 0 Å². The lowest BCUT2D eigenvalue weighted by atomic mass is 10.1. The summed E-state index contributed by atoms with van der Waals surface area (Å²) in [7, 11) is 0. The van der Waals surface area contributed by atoms with Gasteiger partial charge in [-0.1, -0.05) is 59.8 Å². The van der Waals surface area contributed by atoms with Gasteiger partial charge in [-0.05, 0) is 19.1 Å². The van der Waals surface area contributed by atoms with Crippen molar-refractivity contribution < 1.29 is 9.18 Å². The number of thioether (sulfide) groups is 1. The minimum Gasteiger partial charge on any atom is -0.290 e. The van der Waals surface area contributed by atoms with Crippen LogP contribution >= 0.6 is 11.8 Å². The van der Waals surface area contributed by atoms with Crippen molar-refractivity contribution >= 4 is 17.5 Å². The van der Waals surface area contributed by atoms with E-state index in [1.165, 1.54) is 0 Å². The predicted octanol–water partition coefficient (Wildman–Crippen LogP) is 4.27. The zero-order valence-electron chi connectivity index (χ0n) is 9.97. The van der Waals surface area contributed by atoms with Gasteiger partial charge in [0.25, 0.3) is 0 Å². The van der Waals surface area contributed by atoms with Gasteiger partial charge in [0.2, 0.25) is 11.3 Å². The Labute approximate surface area is 110 Å². The molecule has 1 atom stereocenters. The van der Waals surface area contributed by atoms with Crippen LogP contribution in [0.15, 0.2) is 59.5 Å². The minimum atomic E-state index is -1.56. The van der Waals surface area contributed by atoms with Crippen molar-refractivity contribution in [2.24, 2.45) is 0 Å². The number of benzene rings is 2. The Morgan fingerprint density at radius 2 is 1.67 bits per heavy atom. The number of halogens is 1. The van der Waals surface area contributed by atoms with Crippen LogP contribution in [0.1, 0.15) is 15.9 Å². The second-order valence-electron chi connectivity index (χ2n) is 3.98. The summed E-state index contributed by atoms with van der Waals surface area (Å²) >= 11 is 0.939. The molecule has 0 aromatic heterocycles. The number of Topliss-reactive ketones (excluding diaryl/α,β-unsaturated/α-hetero) is 1. The summed E-state index contributed by atoms with van der Waals surface area (Å²) < 4.78 is 13.9. The van der Waals surface area contributed by atoms with E-state index in [1.807, 2.05) is 31.2 Å². The zero-order chi connectivity index (χ0) is 13.0. The molecule has 2 rings (SSSR count). The van der Waals surface area contributed by atoms with Crippen molar-refractivity contribution in [2.75, 3.05) is 0 Å². The maximum atomic E-state index is 13.9. The molecule has 0 fully saturated rings. The molecule has 0 saturated heterocycles. The van der Waals surface area contributed by atoms with Crippen LogP contribution in [0.3, 0.4) is 0 Å². The Kier molecular flexibility index (Phi) is 4.15. The lowest BCUT2D eigenvalue weighted by Gasteiger charge is -2.07. The molecular formula is C15H13FOS. The smallest absolute Gasteiger partial charge is 0.213 e. The number of carbonyl (C=O) groups excluding carboxylic acids is 1. The highest BCUT2D eigenvalue weighted by molar-refractivity contribution is 8.00. The molecule has 0 aliphatic carbocycles. The third-order valence-corrected chi connectivity index (χ3v) is 3.49. The number of carbonyl (C=O) groups is 1. The fourth-order valence-corrected chi connectivity index (χ4v) is 2.30. The molecule has 0 amide bonds. The van der Waals surface area contributed by atoms with E-state index in [-0.39, 0.29) is 0 Å². The molecule has 3 heteroatoms. The summed E-state index contributed by atoms with van der Waals surface area (Å²) in [5.74, 6) is -0.485. The van der Waals surface area contributed by atoms with Gasteiger partial charge in [-0.15, -0.1) is 0 Å². The molecule has 92 valence electrons. The van der Waals surface area contributed by atoms with Crippen LogP contribution in [0.4, 0.5) is 4.39 Å². The van der Waals surface area contributed by atoms with Crippen LogP contribution in [0.25, 0.3) is 0 Å². The molecule has 0 aliphatic rings. The maximum absolute atomic E-state index is 13.9. The molecule has 0 saturated carbocycles. The maximum Gasteiger partial charge on any atom is 0.213 e. The fraction of sp³-hybridized carbons (Fsp3) is 0.133. The van der Waals surface area contributed by atoms with Crippen molar-refractivity contribution in [3.05, 3.63) is 65.7 Å². The Morgan fingerprint density at radius 1 is 1.06 bits per heavy atom. The predicted molar refractivity (Wildman–Crippen MR) is 72.7 cm³/mol. The van der Waals surface area contributed by atoms with Crippen LogP contribution in [-0.2, 0) is 0 Å². The first kappa shape index (κ1) is 12.8. The van der Waals surface area contributed by atoms with Crippen LogP contribution in [0, 0.1) is 6.92 Å². The van der Waals surface area contributed by atoms with Crippen LogP contribution in [-0.4, -0.2) is 11.3 Å². The molecule has 0 spiro atoms. The van der Waals surface area contributed by atoms with Gasteiger partial charge in [0, 0.05) is 10.5 Å². The highest BCUT2D eigenvalue weighted by Gasteiger charge is 2.19. The average molecular weight is 260 g/mol. The summed E-state index contributed by atoms with van der Waals surface area (Å²) in [6.07, 6.45) is 0. The first-order valence-electron chi connectivity index (χ1n) is 5.63. The van der Waals surface area contributed by atoms with Crippen molar-refractivity contribution in [3.63, 3.8) is 0 Å². The van der Waals surface area contributed by atoms with E-state index in [0.29, 0.717) is 5.56 Å². The van der Waals surface area contributed by atoms with E-state index in [1.54, 1.807) is 30.3 Å². The first-order chi connectivity index (χ1) is 8.66. The van der Waals surface area contributed by atoms with E-state index >= 15 is 0 Å². The molecule has 0 radical (unpaired) electrons. The number of rotatable bonds is 4. The lowest BCUT2D eigenvalue weighted by molar-refractivity contribution is 0.0939. The largest absolute Gasteiger partial charge is 0.290 e. The Bertz CT molecular complexity index is 522. The van der Waals surface area contributed by atoms with E-state index < -0.39 is 11.3 Å². The summed E-state index contributed by atoms with van der Waals surface area (Å²) in [4.78, 5) is 12.6. The number of hydrogen-bond donors (Lipinski definition) is 0. The third-order valence-electron chi connectivity index (χ3n) is 2.52. The lowest BCUT2D eigenvalue weighted by Crippen LogP contribution is -2.11. The normalized spacial score (nSPS) is 12.1. The topological polar surface area (TPSA) is 17.1 Å². The second-order valence-corrected chi connectivity index (χ2v) is 5.10. The average Bonchev–Trinajstić information content (AvgIpc) is 2.41. The Hall–Kier alpha value is -1.61. The number of ketones is 1. The molecule has 1 nitrogen and oxygen atoms in total. The minimum absolute atomic E-state index is 0.407. The Balaban J connectivity index is 2.06. The third kappa shape index (κ3) is 3.20. The van der Waals surface area contributed by atoms with E-state index in [0.717, 1.165) is 22.2 Å². The SMILES string of the molecule is Cc1ccc(SC(F)C(=O)c2ccccc2)cc1. The monoisotopic (exact) mass is 260 g/mol. The first-order valence-corrected chi connectivity index (χ1v) is 6.51. The highest BCUT2D eigenvalue weighted by atomic mass is 32.2. The fourth-order valence-electron chi connectivity index (χ4n) is 1.52. The van der Waals surface area contributed by atoms with Gasteiger partial charge >= 0.3 is 0 Å². The molecule has 0 heterocycles. The molecular weight excluding hydrogens is 247 g/mol. The van der Waals surface area contributed by atoms with Gasteiger partial charge in [0.15, 0.2) is 0 Å². The number of alkyl halides is 1. The molecule has 0 aliphatic heterocycles. The van der Waals surface area contributed by atoms with Gasteiger partial charge in [0.1, 0.15) is 0 Å². The number of aryl methyl sites for hydroxylation is 1. The summed E-state index contributed by atoms with van der Waals surface area (Å²) in [6, 6.07) is 16.0. The van der Waals surface area contributed by atoms with Crippen molar-refractivity contribution in [3.8, 4) is 0 Å². The van der Waals surface area contributed by atoms with E-state index in [2.05, 4.69) is 0 Å². The van der Waals surface area contributed by atoms with Crippen LogP contribution in [0.2, 0.25) is 0 Å².